The van der Waals surface area contributed by atoms with Gasteiger partial charge in [-0.05, 0) is 38.5 Å². The number of ether oxygens (including phenoxy) is 2. The van der Waals surface area contributed by atoms with Crippen molar-refractivity contribution < 1.29 is 63.1 Å². The van der Waals surface area contributed by atoms with E-state index < -0.39 is 75.7 Å². The summed E-state index contributed by atoms with van der Waals surface area (Å²) in [5.41, 5.74) is 0. The van der Waals surface area contributed by atoms with Crippen molar-refractivity contribution >= 4 is 19.8 Å². The lowest BCUT2D eigenvalue weighted by atomic mass is 9.85. The summed E-state index contributed by atoms with van der Waals surface area (Å²) < 4.78 is 32.1. The number of rotatable bonds is 22. The van der Waals surface area contributed by atoms with Gasteiger partial charge in [-0.25, -0.2) is 4.57 Å². The second-order valence-electron chi connectivity index (χ2n) is 10.7. The maximum absolute atomic E-state index is 12.4. The zero-order valence-corrected chi connectivity index (χ0v) is 26.1. The first-order chi connectivity index (χ1) is 20.4. The van der Waals surface area contributed by atoms with Crippen molar-refractivity contribution in [3.63, 3.8) is 0 Å². The third-order valence-electron chi connectivity index (χ3n) is 6.85. The van der Waals surface area contributed by atoms with E-state index in [1.807, 2.05) is 0 Å². The smallest absolute Gasteiger partial charge is 0.462 e. The fourth-order valence-electron chi connectivity index (χ4n) is 4.34. The number of hydrogen-bond acceptors (Lipinski definition) is 12. The number of aliphatic hydroxyl groups excluding tert-OH is 5. The van der Waals surface area contributed by atoms with Crippen molar-refractivity contribution in [2.45, 2.75) is 134 Å². The molecule has 0 heterocycles. The fraction of sp³-hybridized carbons (Fsp3) is 0.793. The van der Waals surface area contributed by atoms with Gasteiger partial charge in [0.2, 0.25) is 0 Å². The molecule has 0 amide bonds. The van der Waals surface area contributed by atoms with Gasteiger partial charge in [0.15, 0.2) is 6.10 Å². The molecule has 6 unspecified atom stereocenters. The Kier molecular flexibility index (Phi) is 20.1. The molecule has 250 valence electrons. The third kappa shape index (κ3) is 16.8. The Morgan fingerprint density at radius 2 is 1.30 bits per heavy atom. The lowest BCUT2D eigenvalue weighted by Gasteiger charge is -2.41. The van der Waals surface area contributed by atoms with Gasteiger partial charge in [0, 0.05) is 13.3 Å². The van der Waals surface area contributed by atoms with Crippen LogP contribution in [0.4, 0.5) is 0 Å². The van der Waals surface area contributed by atoms with E-state index >= 15 is 0 Å². The van der Waals surface area contributed by atoms with Gasteiger partial charge < -0.3 is 39.9 Å². The molecule has 0 bridgehead atoms. The topological polar surface area (TPSA) is 210 Å². The molecule has 6 atom stereocenters. The number of carbonyl (C=O) groups excluding carboxylic acids is 2. The van der Waals surface area contributed by atoms with Gasteiger partial charge in [0.25, 0.3) is 0 Å². The standard InChI is InChI=1S/C29H51O13P/c1-3-4-5-6-7-8-9-10-11-12-13-14-15-16-17-18-23(31)41-22(19-39-21(2)30)20-40-43(37,38)42-29-27(35)25(33)24(32)26(34)28(29)36/h7-8,10-11,22,24-29,32-36H,3-6,9,12-20H2,1-2H3,(H,37,38)/b8-7-,11-10-. The normalized spacial score (nSPS) is 26.4. The summed E-state index contributed by atoms with van der Waals surface area (Å²) in [6, 6.07) is 0. The Labute approximate surface area is 254 Å². The molecule has 43 heavy (non-hydrogen) atoms. The highest BCUT2D eigenvalue weighted by Gasteiger charge is 2.51. The van der Waals surface area contributed by atoms with Crippen LogP contribution in [0.5, 0.6) is 0 Å². The van der Waals surface area contributed by atoms with Gasteiger partial charge >= 0.3 is 19.8 Å². The number of allylic oxidation sites excluding steroid dienone is 4. The summed E-state index contributed by atoms with van der Waals surface area (Å²) in [7, 11) is -5.07. The van der Waals surface area contributed by atoms with Gasteiger partial charge in [-0.3, -0.25) is 18.6 Å². The Morgan fingerprint density at radius 1 is 0.767 bits per heavy atom. The minimum Gasteiger partial charge on any atom is -0.462 e. The number of hydrogen-bond donors (Lipinski definition) is 6. The number of carbonyl (C=O) groups is 2. The number of aliphatic hydroxyl groups is 5. The first-order valence-corrected chi connectivity index (χ1v) is 16.6. The van der Waals surface area contributed by atoms with E-state index in [4.69, 9.17) is 18.5 Å². The molecule has 14 heteroatoms. The third-order valence-corrected chi connectivity index (χ3v) is 7.84. The Balaban J connectivity index is 2.37. The van der Waals surface area contributed by atoms with Crippen molar-refractivity contribution in [2.24, 2.45) is 0 Å². The lowest BCUT2D eigenvalue weighted by Crippen LogP contribution is -2.64. The summed E-state index contributed by atoms with van der Waals surface area (Å²) in [6.45, 7) is 2.10. The van der Waals surface area contributed by atoms with E-state index in [1.54, 1.807) is 0 Å². The van der Waals surface area contributed by atoms with E-state index in [9.17, 15) is 44.6 Å². The average Bonchev–Trinajstić information content (AvgIpc) is 2.96. The number of unbranched alkanes of at least 4 members (excludes halogenated alkanes) is 8. The van der Waals surface area contributed by atoms with Gasteiger partial charge in [-0.2, -0.15) is 0 Å². The van der Waals surface area contributed by atoms with Crippen molar-refractivity contribution in [3.8, 4) is 0 Å². The van der Waals surface area contributed by atoms with Gasteiger partial charge in [0.1, 0.15) is 43.2 Å². The fourth-order valence-corrected chi connectivity index (χ4v) is 5.31. The van der Waals surface area contributed by atoms with E-state index in [2.05, 4.69) is 31.2 Å². The highest BCUT2D eigenvalue weighted by Crippen LogP contribution is 2.47. The number of esters is 2. The summed E-state index contributed by atoms with van der Waals surface area (Å²) in [6.07, 6.45) is 6.92. The van der Waals surface area contributed by atoms with Crippen LogP contribution in [0.2, 0.25) is 0 Å². The highest BCUT2D eigenvalue weighted by atomic mass is 31.2. The van der Waals surface area contributed by atoms with Crippen LogP contribution in [0.15, 0.2) is 24.3 Å². The second kappa shape index (κ2) is 21.9. The van der Waals surface area contributed by atoms with Crippen LogP contribution < -0.4 is 0 Å². The predicted molar refractivity (Wildman–Crippen MR) is 157 cm³/mol. The first kappa shape index (κ1) is 39.4. The molecule has 0 aromatic carbocycles. The van der Waals surface area contributed by atoms with E-state index in [0.29, 0.717) is 6.42 Å². The zero-order valence-electron chi connectivity index (χ0n) is 25.2. The summed E-state index contributed by atoms with van der Waals surface area (Å²) in [5, 5.41) is 49.2. The van der Waals surface area contributed by atoms with Crippen LogP contribution in [0, 0.1) is 0 Å². The molecule has 1 fully saturated rings. The van der Waals surface area contributed by atoms with Gasteiger partial charge in [-0.15, -0.1) is 0 Å². The van der Waals surface area contributed by atoms with E-state index in [1.165, 1.54) is 19.3 Å². The molecule has 0 aromatic heterocycles. The van der Waals surface area contributed by atoms with Crippen LogP contribution in [0.25, 0.3) is 0 Å². The molecule has 1 saturated carbocycles. The van der Waals surface area contributed by atoms with Crippen LogP contribution >= 0.6 is 7.82 Å². The predicted octanol–water partition coefficient (Wildman–Crippen LogP) is 2.60. The molecule has 1 aliphatic carbocycles. The quantitative estimate of drug-likeness (QED) is 0.0437. The Morgan fingerprint density at radius 3 is 1.88 bits per heavy atom. The monoisotopic (exact) mass is 638 g/mol. The first-order valence-electron chi connectivity index (χ1n) is 15.1. The van der Waals surface area contributed by atoms with Crippen molar-refractivity contribution in [1.29, 1.82) is 0 Å². The SMILES string of the molecule is CCCCC/C=C\C/C=C\CCCCCCCC(=O)OC(COC(C)=O)COP(=O)(O)OC1C(O)C(O)C(O)C(O)C1O. The van der Waals surface area contributed by atoms with E-state index in [0.717, 1.165) is 51.9 Å². The maximum atomic E-state index is 12.4. The molecule has 13 nitrogen and oxygen atoms in total. The second-order valence-corrected chi connectivity index (χ2v) is 12.1. The molecule has 0 aromatic rings. The largest absolute Gasteiger partial charge is 0.472 e. The average molecular weight is 639 g/mol. The number of phosphoric acid groups is 1. The Bertz CT molecular complexity index is 880. The molecule has 1 rings (SSSR count). The molecule has 0 saturated heterocycles. The summed E-state index contributed by atoms with van der Waals surface area (Å²) in [4.78, 5) is 33.6. The van der Waals surface area contributed by atoms with Crippen molar-refractivity contribution in [2.75, 3.05) is 13.2 Å². The molecule has 1 aliphatic rings. The zero-order chi connectivity index (χ0) is 32.3. The Hall–Kier alpha value is -1.67. The van der Waals surface area contributed by atoms with Crippen LogP contribution in [0.3, 0.4) is 0 Å². The molecule has 6 N–H and O–H groups in total. The van der Waals surface area contributed by atoms with Gasteiger partial charge in [-0.1, -0.05) is 63.3 Å². The summed E-state index contributed by atoms with van der Waals surface area (Å²) >= 11 is 0. The maximum Gasteiger partial charge on any atom is 0.472 e. The van der Waals surface area contributed by atoms with Crippen molar-refractivity contribution in [1.82, 2.24) is 0 Å². The molecular weight excluding hydrogens is 587 g/mol. The summed E-state index contributed by atoms with van der Waals surface area (Å²) in [5.74, 6) is -1.31. The van der Waals surface area contributed by atoms with Crippen LogP contribution in [-0.4, -0.2) is 98.3 Å². The molecule has 0 aliphatic heterocycles. The highest BCUT2D eigenvalue weighted by molar-refractivity contribution is 7.47. The van der Waals surface area contributed by atoms with Crippen molar-refractivity contribution in [3.05, 3.63) is 24.3 Å². The molecular formula is C29H51O13P. The molecule has 0 spiro atoms. The van der Waals surface area contributed by atoms with E-state index in [-0.39, 0.29) is 6.42 Å². The van der Waals surface area contributed by atoms with Crippen LogP contribution in [0.1, 0.15) is 90.9 Å². The minimum absolute atomic E-state index is 0.0763. The minimum atomic E-state index is -5.07. The number of phosphoric ester groups is 1. The lowest BCUT2D eigenvalue weighted by molar-refractivity contribution is -0.220. The van der Waals surface area contributed by atoms with Crippen LogP contribution in [-0.2, 0) is 32.7 Å². The molecule has 0 radical (unpaired) electrons. The van der Waals surface area contributed by atoms with Gasteiger partial charge in [0.05, 0.1) is 6.61 Å².